The Hall–Kier alpha value is -2.15. The van der Waals surface area contributed by atoms with Gasteiger partial charge in [0.15, 0.2) is 0 Å². The van der Waals surface area contributed by atoms with Crippen molar-refractivity contribution in [3.05, 3.63) is 54.1 Å². The molecule has 2 aromatic carbocycles. The minimum atomic E-state index is -4.01. The van der Waals surface area contributed by atoms with Crippen molar-refractivity contribution in [1.82, 2.24) is 0 Å². The minimum Gasteiger partial charge on any atom is -0.398 e. The number of hydrogen-bond donors (Lipinski definition) is 1. The summed E-state index contributed by atoms with van der Waals surface area (Å²) in [6.07, 6.45) is 0. The van der Waals surface area contributed by atoms with E-state index in [4.69, 9.17) is 5.73 Å². The predicted molar refractivity (Wildman–Crippen MR) is 72.8 cm³/mol. The minimum absolute atomic E-state index is 0.0552. The van der Waals surface area contributed by atoms with Gasteiger partial charge in [-0.3, -0.25) is 4.31 Å². The number of halogens is 2. The van der Waals surface area contributed by atoms with Crippen LogP contribution in [0.4, 0.5) is 20.2 Å². The smallest absolute Gasteiger partial charge is 0.266 e. The van der Waals surface area contributed by atoms with E-state index in [1.807, 2.05) is 0 Å². The standard InChI is InChI=1S/C13H12F2N2O2S/c1-17(11-5-2-9(14)3-6-11)20(18,19)13-8-10(15)4-7-12(13)16/h2-8H,16H2,1H3. The van der Waals surface area contributed by atoms with Crippen molar-refractivity contribution in [3.8, 4) is 0 Å². The highest BCUT2D eigenvalue weighted by Crippen LogP contribution is 2.26. The fourth-order valence-corrected chi connectivity index (χ4v) is 2.99. The number of hydrogen-bond acceptors (Lipinski definition) is 3. The first-order chi connectivity index (χ1) is 9.32. The van der Waals surface area contributed by atoms with Gasteiger partial charge in [-0.15, -0.1) is 0 Å². The Morgan fingerprint density at radius 2 is 1.55 bits per heavy atom. The number of rotatable bonds is 3. The van der Waals surface area contributed by atoms with E-state index in [1.54, 1.807) is 0 Å². The highest BCUT2D eigenvalue weighted by atomic mass is 32.2. The fraction of sp³-hybridized carbons (Fsp3) is 0.0769. The molecule has 0 saturated heterocycles. The Balaban J connectivity index is 2.49. The molecule has 0 atom stereocenters. The third-order valence-corrected chi connectivity index (χ3v) is 4.65. The first kappa shape index (κ1) is 14.3. The molecule has 0 aliphatic heterocycles. The van der Waals surface area contributed by atoms with Crippen molar-refractivity contribution in [3.63, 3.8) is 0 Å². The van der Waals surface area contributed by atoms with E-state index in [9.17, 15) is 17.2 Å². The third kappa shape index (κ3) is 2.57. The summed E-state index contributed by atoms with van der Waals surface area (Å²) in [5.74, 6) is -1.19. The Morgan fingerprint density at radius 1 is 1.00 bits per heavy atom. The second-order valence-electron chi connectivity index (χ2n) is 4.13. The summed E-state index contributed by atoms with van der Waals surface area (Å²) in [4.78, 5) is -0.329. The highest BCUT2D eigenvalue weighted by molar-refractivity contribution is 7.93. The van der Waals surface area contributed by atoms with Crippen molar-refractivity contribution in [2.45, 2.75) is 4.90 Å². The molecule has 20 heavy (non-hydrogen) atoms. The number of nitrogen functional groups attached to an aromatic ring is 1. The van der Waals surface area contributed by atoms with E-state index >= 15 is 0 Å². The van der Waals surface area contributed by atoms with Crippen LogP contribution in [0.2, 0.25) is 0 Å². The summed E-state index contributed by atoms with van der Waals surface area (Å²) < 4.78 is 51.7. The van der Waals surface area contributed by atoms with Gasteiger partial charge in [0.1, 0.15) is 16.5 Å². The van der Waals surface area contributed by atoms with Crippen molar-refractivity contribution in [2.75, 3.05) is 17.1 Å². The molecule has 0 aliphatic carbocycles. The monoisotopic (exact) mass is 298 g/mol. The van der Waals surface area contributed by atoms with Gasteiger partial charge in [-0.1, -0.05) is 0 Å². The normalized spacial score (nSPS) is 11.3. The Morgan fingerprint density at radius 3 is 2.15 bits per heavy atom. The molecule has 0 heterocycles. The molecule has 7 heteroatoms. The quantitative estimate of drug-likeness (QED) is 0.885. The van der Waals surface area contributed by atoms with Crippen LogP contribution in [-0.4, -0.2) is 15.5 Å². The maximum Gasteiger partial charge on any atom is 0.266 e. The summed E-state index contributed by atoms with van der Waals surface area (Å²) in [5, 5.41) is 0. The van der Waals surface area contributed by atoms with Gasteiger partial charge >= 0.3 is 0 Å². The maximum absolute atomic E-state index is 13.2. The summed E-state index contributed by atoms with van der Waals surface area (Å²) in [6, 6.07) is 8.00. The lowest BCUT2D eigenvalue weighted by atomic mass is 10.3. The van der Waals surface area contributed by atoms with Crippen LogP contribution in [0.15, 0.2) is 47.4 Å². The number of benzene rings is 2. The number of anilines is 2. The molecule has 0 bridgehead atoms. The first-order valence-corrected chi connectivity index (χ1v) is 7.06. The maximum atomic E-state index is 13.2. The Labute approximate surface area is 115 Å². The molecule has 0 radical (unpaired) electrons. The number of nitrogens with zero attached hydrogens (tertiary/aromatic N) is 1. The Bertz CT molecular complexity index is 731. The molecule has 0 aliphatic rings. The van der Waals surface area contributed by atoms with Crippen LogP contribution in [0.5, 0.6) is 0 Å². The highest BCUT2D eigenvalue weighted by Gasteiger charge is 2.24. The van der Waals surface area contributed by atoms with Crippen molar-refractivity contribution < 1.29 is 17.2 Å². The van der Waals surface area contributed by atoms with E-state index in [-0.39, 0.29) is 16.3 Å². The Kier molecular flexibility index (Phi) is 3.63. The third-order valence-electron chi connectivity index (χ3n) is 2.80. The fourth-order valence-electron chi connectivity index (χ4n) is 1.67. The van der Waals surface area contributed by atoms with Gasteiger partial charge in [0.25, 0.3) is 10.0 Å². The molecule has 0 saturated carbocycles. The number of nitrogens with two attached hydrogens (primary N) is 1. The van der Waals surface area contributed by atoms with Gasteiger partial charge in [-0.25, -0.2) is 17.2 Å². The van der Waals surface area contributed by atoms with E-state index in [0.29, 0.717) is 0 Å². The second-order valence-corrected chi connectivity index (χ2v) is 6.07. The van der Waals surface area contributed by atoms with Gasteiger partial charge < -0.3 is 5.73 Å². The molecule has 0 fully saturated rings. The molecular formula is C13H12F2N2O2S. The average Bonchev–Trinajstić information content (AvgIpc) is 2.41. The van der Waals surface area contributed by atoms with Crippen molar-refractivity contribution >= 4 is 21.4 Å². The van der Waals surface area contributed by atoms with Crippen LogP contribution in [0, 0.1) is 11.6 Å². The summed E-state index contributed by atoms with van der Waals surface area (Å²) >= 11 is 0. The molecule has 0 amide bonds. The lowest BCUT2D eigenvalue weighted by Crippen LogP contribution is -2.27. The molecule has 0 spiro atoms. The van der Waals surface area contributed by atoms with E-state index < -0.39 is 21.7 Å². The van der Waals surface area contributed by atoms with Crippen LogP contribution in [0.3, 0.4) is 0 Å². The van der Waals surface area contributed by atoms with Crippen LogP contribution in [0.25, 0.3) is 0 Å². The van der Waals surface area contributed by atoms with Gasteiger partial charge in [-0.05, 0) is 42.5 Å². The summed E-state index contributed by atoms with van der Waals surface area (Å²) in [7, 11) is -2.73. The van der Waals surface area contributed by atoms with E-state index in [1.165, 1.54) is 25.2 Å². The zero-order valence-electron chi connectivity index (χ0n) is 10.5. The van der Waals surface area contributed by atoms with Gasteiger partial charge in [0.2, 0.25) is 0 Å². The molecule has 2 rings (SSSR count). The van der Waals surface area contributed by atoms with Gasteiger partial charge in [-0.2, -0.15) is 0 Å². The van der Waals surface area contributed by atoms with Gasteiger partial charge in [0, 0.05) is 7.05 Å². The average molecular weight is 298 g/mol. The zero-order valence-corrected chi connectivity index (χ0v) is 11.4. The molecule has 106 valence electrons. The zero-order chi connectivity index (χ0) is 14.9. The largest absolute Gasteiger partial charge is 0.398 e. The SMILES string of the molecule is CN(c1ccc(F)cc1)S(=O)(=O)c1cc(F)ccc1N. The molecule has 2 N–H and O–H groups in total. The van der Waals surface area contributed by atoms with Crippen LogP contribution < -0.4 is 10.0 Å². The molecule has 0 unspecified atom stereocenters. The first-order valence-electron chi connectivity index (χ1n) is 5.62. The van der Waals surface area contributed by atoms with Crippen LogP contribution in [0.1, 0.15) is 0 Å². The summed E-state index contributed by atoms with van der Waals surface area (Å²) in [6.45, 7) is 0. The second kappa shape index (κ2) is 5.09. The number of sulfonamides is 1. The molecule has 2 aromatic rings. The molecule has 0 aromatic heterocycles. The van der Waals surface area contributed by atoms with Crippen LogP contribution >= 0.6 is 0 Å². The summed E-state index contributed by atoms with van der Waals surface area (Å²) in [5.41, 5.74) is 5.77. The molecule has 4 nitrogen and oxygen atoms in total. The van der Waals surface area contributed by atoms with Gasteiger partial charge in [0.05, 0.1) is 11.4 Å². The topological polar surface area (TPSA) is 63.4 Å². The van der Waals surface area contributed by atoms with E-state index in [0.717, 1.165) is 28.6 Å². The lowest BCUT2D eigenvalue weighted by Gasteiger charge is -2.20. The predicted octanol–water partition coefficient (Wildman–Crippen LogP) is 2.37. The van der Waals surface area contributed by atoms with Crippen molar-refractivity contribution in [2.24, 2.45) is 0 Å². The lowest BCUT2D eigenvalue weighted by molar-refractivity contribution is 0.589. The van der Waals surface area contributed by atoms with Crippen molar-refractivity contribution in [1.29, 1.82) is 0 Å². The van der Waals surface area contributed by atoms with E-state index in [2.05, 4.69) is 0 Å². The molecular weight excluding hydrogens is 286 g/mol. The van der Waals surface area contributed by atoms with Crippen LogP contribution in [-0.2, 0) is 10.0 Å².